The van der Waals surface area contributed by atoms with Crippen LogP contribution < -0.4 is 0 Å². The molecule has 1 saturated heterocycles. The van der Waals surface area contributed by atoms with Crippen LogP contribution in [0.25, 0.3) is 5.57 Å². The molecule has 108 valence electrons. The van der Waals surface area contributed by atoms with Gasteiger partial charge < -0.3 is 9.64 Å². The molecule has 6 heteroatoms. The maximum Gasteiger partial charge on any atom is 0.417 e. The second kappa shape index (κ2) is 6.09. The van der Waals surface area contributed by atoms with Crippen LogP contribution >= 0.6 is 0 Å². The molecule has 20 heavy (non-hydrogen) atoms. The van der Waals surface area contributed by atoms with Crippen molar-refractivity contribution in [3.8, 4) is 0 Å². The van der Waals surface area contributed by atoms with E-state index in [1.54, 1.807) is 6.07 Å². The minimum Gasteiger partial charge on any atom is -0.378 e. The van der Waals surface area contributed by atoms with E-state index in [-0.39, 0.29) is 5.56 Å². The predicted molar refractivity (Wildman–Crippen MR) is 67.9 cm³/mol. The summed E-state index contributed by atoms with van der Waals surface area (Å²) in [4.78, 5) is 13.3. The third kappa shape index (κ3) is 3.60. The average Bonchev–Trinajstić information content (AvgIpc) is 2.45. The highest BCUT2D eigenvalue weighted by atomic mass is 19.4. The highest BCUT2D eigenvalue weighted by molar-refractivity contribution is 5.96. The van der Waals surface area contributed by atoms with Crippen LogP contribution in [0.1, 0.15) is 5.56 Å². The van der Waals surface area contributed by atoms with Gasteiger partial charge in [0.15, 0.2) is 0 Å². The molecule has 0 atom stereocenters. The van der Waals surface area contributed by atoms with Gasteiger partial charge in [-0.3, -0.25) is 4.79 Å². The molecular formula is C14H14F3NO2. The predicted octanol–water partition coefficient (Wildman–Crippen LogP) is 2.49. The van der Waals surface area contributed by atoms with Gasteiger partial charge in [-0.2, -0.15) is 13.2 Å². The molecule has 1 aliphatic rings. The van der Waals surface area contributed by atoms with Gasteiger partial charge in [0, 0.05) is 19.2 Å². The molecule has 0 radical (unpaired) electrons. The fraction of sp³-hybridized carbons (Fsp3) is 0.357. The number of benzene rings is 1. The number of hydrogen-bond donors (Lipinski definition) is 0. The Labute approximate surface area is 114 Å². The lowest BCUT2D eigenvalue weighted by molar-refractivity contribution is -0.130. The molecule has 1 fully saturated rings. The summed E-state index contributed by atoms with van der Waals surface area (Å²) in [5, 5.41) is 0. The molecule has 1 aromatic carbocycles. The number of ether oxygens (including phenoxy) is 1. The van der Waals surface area contributed by atoms with Crippen LogP contribution in [0.4, 0.5) is 13.2 Å². The van der Waals surface area contributed by atoms with Crippen molar-refractivity contribution in [2.45, 2.75) is 6.18 Å². The summed E-state index contributed by atoms with van der Waals surface area (Å²) in [5.74, 6) is -0.635. The molecule has 1 amide bonds. The monoisotopic (exact) mass is 285 g/mol. The molecule has 0 unspecified atom stereocenters. The topological polar surface area (TPSA) is 29.5 Å². The Hall–Kier alpha value is -1.82. The van der Waals surface area contributed by atoms with Gasteiger partial charge in [0.1, 0.15) is 0 Å². The first-order chi connectivity index (χ1) is 9.48. The molecule has 2 rings (SSSR count). The average molecular weight is 285 g/mol. The SMILES string of the molecule is O=C(/C=C(\c1ccccc1)C(F)(F)F)N1CCOCC1. The van der Waals surface area contributed by atoms with E-state index in [1.807, 2.05) is 0 Å². The molecule has 0 saturated carbocycles. The van der Waals surface area contributed by atoms with Crippen LogP contribution in [-0.2, 0) is 9.53 Å². The van der Waals surface area contributed by atoms with Crippen molar-refractivity contribution in [2.24, 2.45) is 0 Å². The van der Waals surface area contributed by atoms with Crippen molar-refractivity contribution in [1.82, 2.24) is 4.90 Å². The van der Waals surface area contributed by atoms with Gasteiger partial charge in [-0.25, -0.2) is 0 Å². The molecule has 1 aromatic rings. The van der Waals surface area contributed by atoms with Crippen LogP contribution in [0.5, 0.6) is 0 Å². The second-order valence-corrected chi connectivity index (χ2v) is 4.36. The maximum absolute atomic E-state index is 13.1. The van der Waals surface area contributed by atoms with E-state index >= 15 is 0 Å². The van der Waals surface area contributed by atoms with Crippen molar-refractivity contribution in [2.75, 3.05) is 26.3 Å². The summed E-state index contributed by atoms with van der Waals surface area (Å²) in [6, 6.07) is 7.32. The first kappa shape index (κ1) is 14.6. The number of nitrogens with zero attached hydrogens (tertiary/aromatic N) is 1. The summed E-state index contributed by atoms with van der Waals surface area (Å²) >= 11 is 0. The lowest BCUT2D eigenvalue weighted by Gasteiger charge is -2.26. The Bertz CT molecular complexity index is 491. The van der Waals surface area contributed by atoms with Gasteiger partial charge in [-0.1, -0.05) is 30.3 Å². The van der Waals surface area contributed by atoms with E-state index in [9.17, 15) is 18.0 Å². The first-order valence-corrected chi connectivity index (χ1v) is 6.19. The molecule has 1 heterocycles. The Morgan fingerprint density at radius 3 is 2.30 bits per heavy atom. The fourth-order valence-electron chi connectivity index (χ4n) is 1.95. The van der Waals surface area contributed by atoms with Gasteiger partial charge in [-0.05, 0) is 5.56 Å². The van der Waals surface area contributed by atoms with Crippen molar-refractivity contribution in [1.29, 1.82) is 0 Å². The number of hydrogen-bond acceptors (Lipinski definition) is 2. The van der Waals surface area contributed by atoms with Gasteiger partial charge in [-0.15, -0.1) is 0 Å². The van der Waals surface area contributed by atoms with E-state index < -0.39 is 17.7 Å². The molecule has 1 aliphatic heterocycles. The summed E-state index contributed by atoms with van der Waals surface area (Å²) in [6.07, 6.45) is -3.90. The first-order valence-electron chi connectivity index (χ1n) is 6.19. The van der Waals surface area contributed by atoms with Crippen molar-refractivity contribution in [3.63, 3.8) is 0 Å². The lowest BCUT2D eigenvalue weighted by Crippen LogP contribution is -2.40. The summed E-state index contributed by atoms with van der Waals surface area (Å²) in [6.45, 7) is 1.34. The van der Waals surface area contributed by atoms with Gasteiger partial charge in [0.2, 0.25) is 5.91 Å². The largest absolute Gasteiger partial charge is 0.417 e. The summed E-state index contributed by atoms with van der Waals surface area (Å²) < 4.78 is 44.3. The third-order valence-corrected chi connectivity index (χ3v) is 2.98. The fourth-order valence-corrected chi connectivity index (χ4v) is 1.95. The number of morpholine rings is 1. The van der Waals surface area contributed by atoms with Crippen molar-refractivity contribution >= 4 is 11.5 Å². The van der Waals surface area contributed by atoms with Crippen molar-refractivity contribution < 1.29 is 22.7 Å². The van der Waals surface area contributed by atoms with E-state index in [4.69, 9.17) is 4.74 Å². The zero-order chi connectivity index (χ0) is 14.6. The van der Waals surface area contributed by atoms with Crippen LogP contribution in [0.2, 0.25) is 0 Å². The minimum absolute atomic E-state index is 0.0124. The van der Waals surface area contributed by atoms with Crippen LogP contribution in [0.15, 0.2) is 36.4 Å². The quantitative estimate of drug-likeness (QED) is 0.781. The van der Waals surface area contributed by atoms with E-state index in [0.29, 0.717) is 32.4 Å². The molecule has 0 aliphatic carbocycles. The van der Waals surface area contributed by atoms with E-state index in [0.717, 1.165) is 0 Å². The molecule has 3 nitrogen and oxygen atoms in total. The number of alkyl halides is 3. The molecular weight excluding hydrogens is 271 g/mol. The maximum atomic E-state index is 13.1. The molecule has 0 bridgehead atoms. The number of halogens is 3. The second-order valence-electron chi connectivity index (χ2n) is 4.36. The standard InChI is InChI=1S/C14H14F3NO2/c15-14(16,17)12(11-4-2-1-3-5-11)10-13(19)18-6-8-20-9-7-18/h1-5,10H,6-9H2/b12-10+. The van der Waals surface area contributed by atoms with Crippen LogP contribution in [0, 0.1) is 0 Å². The van der Waals surface area contributed by atoms with E-state index in [2.05, 4.69) is 0 Å². The Kier molecular flexibility index (Phi) is 4.44. The number of amides is 1. The third-order valence-electron chi connectivity index (χ3n) is 2.98. The highest BCUT2D eigenvalue weighted by Gasteiger charge is 2.35. The zero-order valence-electron chi connectivity index (χ0n) is 10.7. The Balaban J connectivity index is 2.27. The van der Waals surface area contributed by atoms with Crippen molar-refractivity contribution in [3.05, 3.63) is 42.0 Å². The Morgan fingerprint density at radius 2 is 1.75 bits per heavy atom. The molecule has 0 aromatic heterocycles. The van der Waals surface area contributed by atoms with Gasteiger partial charge in [0.05, 0.1) is 18.8 Å². The summed E-state index contributed by atoms with van der Waals surface area (Å²) in [7, 11) is 0. The van der Waals surface area contributed by atoms with Crippen LogP contribution in [-0.4, -0.2) is 43.3 Å². The highest BCUT2D eigenvalue weighted by Crippen LogP contribution is 2.33. The number of carbonyl (C=O) groups excluding carboxylic acids is 1. The van der Waals surface area contributed by atoms with Gasteiger partial charge >= 0.3 is 6.18 Å². The zero-order valence-corrected chi connectivity index (χ0v) is 10.7. The van der Waals surface area contributed by atoms with Crippen LogP contribution in [0.3, 0.4) is 0 Å². The summed E-state index contributed by atoms with van der Waals surface area (Å²) in [5.41, 5.74) is -0.934. The Morgan fingerprint density at radius 1 is 1.15 bits per heavy atom. The number of allylic oxidation sites excluding steroid dienone is 1. The van der Waals surface area contributed by atoms with E-state index in [1.165, 1.54) is 29.2 Å². The number of carbonyl (C=O) groups is 1. The van der Waals surface area contributed by atoms with Gasteiger partial charge in [0.25, 0.3) is 0 Å². The number of rotatable bonds is 2. The molecule has 0 N–H and O–H groups in total. The smallest absolute Gasteiger partial charge is 0.378 e. The lowest BCUT2D eigenvalue weighted by atomic mass is 10.0. The minimum atomic E-state index is -4.57. The molecule has 0 spiro atoms. The normalized spacial score (nSPS) is 17.1.